The van der Waals surface area contributed by atoms with Crippen molar-refractivity contribution in [2.45, 2.75) is 6.54 Å². The molecule has 1 aromatic carbocycles. The molecule has 1 aliphatic rings. The van der Waals surface area contributed by atoms with E-state index < -0.39 is 11.9 Å². The summed E-state index contributed by atoms with van der Waals surface area (Å²) in [5.41, 5.74) is 0.643. The van der Waals surface area contributed by atoms with Crippen molar-refractivity contribution < 1.29 is 13.9 Å². The molecule has 3 aromatic rings. The Morgan fingerprint density at radius 3 is 3.08 bits per heavy atom. The van der Waals surface area contributed by atoms with E-state index in [2.05, 4.69) is 20.4 Å². The van der Waals surface area contributed by atoms with Crippen LogP contribution in [0.4, 0.5) is 10.3 Å². The van der Waals surface area contributed by atoms with Crippen LogP contribution in [0.3, 0.4) is 0 Å². The van der Waals surface area contributed by atoms with Crippen molar-refractivity contribution in [2.75, 3.05) is 25.1 Å². The number of carbonyl (C=O) groups excluding carboxylic acids is 1. The lowest BCUT2D eigenvalue weighted by Gasteiger charge is -2.20. The van der Waals surface area contributed by atoms with Gasteiger partial charge in [-0.1, -0.05) is 17.7 Å². The normalized spacial score (nSPS) is 14.9. The maximum Gasteiger partial charge on any atom is 0.274 e. The predicted molar refractivity (Wildman–Crippen MR) is 92.1 cm³/mol. The first-order valence-electron chi connectivity index (χ1n) is 7.85. The van der Waals surface area contributed by atoms with Gasteiger partial charge in [0.15, 0.2) is 11.3 Å². The SMILES string of the molecule is CN1Cc2c(Cl)cccc2OCCNC(=O)c2c(F)nc3cnc1nn23. The zero-order chi connectivity index (χ0) is 18.3. The molecule has 26 heavy (non-hydrogen) atoms. The molecule has 0 saturated carbocycles. The molecule has 134 valence electrons. The van der Waals surface area contributed by atoms with Crippen LogP contribution >= 0.6 is 11.6 Å². The number of halogens is 2. The molecule has 2 bridgehead atoms. The zero-order valence-corrected chi connectivity index (χ0v) is 14.5. The van der Waals surface area contributed by atoms with E-state index in [0.717, 1.165) is 10.1 Å². The summed E-state index contributed by atoms with van der Waals surface area (Å²) in [5.74, 6) is -0.643. The van der Waals surface area contributed by atoms with Crippen molar-refractivity contribution in [1.82, 2.24) is 24.9 Å². The summed E-state index contributed by atoms with van der Waals surface area (Å²) in [6, 6.07) is 5.35. The number of carbonyl (C=O) groups is 1. The quantitative estimate of drug-likeness (QED) is 0.642. The average molecular weight is 377 g/mol. The molecule has 1 aliphatic heterocycles. The summed E-state index contributed by atoms with van der Waals surface area (Å²) in [5, 5.41) is 7.41. The molecule has 0 saturated heterocycles. The Bertz CT molecular complexity index is 1010. The standard InChI is InChI=1S/C16H14ClFN6O2/c1-23-8-9-10(17)3-2-4-11(9)26-6-5-19-15(25)13-14(18)21-12-7-20-16(23)22-24(12)13/h2-4,7H,5-6,8H2,1H3,(H,19,25). The first kappa shape index (κ1) is 16.5. The lowest BCUT2D eigenvalue weighted by Crippen LogP contribution is -2.30. The highest BCUT2D eigenvalue weighted by Crippen LogP contribution is 2.28. The van der Waals surface area contributed by atoms with Gasteiger partial charge in [0, 0.05) is 17.6 Å². The summed E-state index contributed by atoms with van der Waals surface area (Å²) in [6.45, 7) is 0.759. The Labute approximate surface area is 152 Å². The Balaban J connectivity index is 1.84. The van der Waals surface area contributed by atoms with Gasteiger partial charge >= 0.3 is 0 Å². The van der Waals surface area contributed by atoms with Gasteiger partial charge < -0.3 is 15.0 Å². The van der Waals surface area contributed by atoms with Gasteiger partial charge in [-0.3, -0.25) is 4.79 Å². The molecule has 2 aromatic heterocycles. The topological polar surface area (TPSA) is 84.6 Å². The van der Waals surface area contributed by atoms with Crippen LogP contribution in [0, 0.1) is 5.95 Å². The van der Waals surface area contributed by atoms with E-state index in [9.17, 15) is 9.18 Å². The molecule has 0 aliphatic carbocycles. The molecular formula is C16H14ClFN6O2. The lowest BCUT2D eigenvalue weighted by molar-refractivity contribution is 0.0935. The average Bonchev–Trinajstić information content (AvgIpc) is 2.95. The van der Waals surface area contributed by atoms with Crippen LogP contribution in [-0.4, -0.2) is 45.7 Å². The van der Waals surface area contributed by atoms with E-state index >= 15 is 0 Å². The summed E-state index contributed by atoms with van der Waals surface area (Å²) in [7, 11) is 1.76. The molecule has 8 nitrogen and oxygen atoms in total. The van der Waals surface area contributed by atoms with E-state index in [1.165, 1.54) is 6.20 Å². The number of fused-ring (bicyclic) bond motifs is 2. The maximum absolute atomic E-state index is 14.1. The number of anilines is 1. The van der Waals surface area contributed by atoms with Crippen molar-refractivity contribution in [1.29, 1.82) is 0 Å². The third kappa shape index (κ3) is 2.80. The molecule has 1 N–H and O–H groups in total. The molecule has 10 heteroatoms. The van der Waals surface area contributed by atoms with Gasteiger partial charge in [0.1, 0.15) is 12.4 Å². The molecular weight excluding hydrogens is 363 g/mol. The van der Waals surface area contributed by atoms with Crippen molar-refractivity contribution in [3.63, 3.8) is 0 Å². The fourth-order valence-corrected chi connectivity index (χ4v) is 2.95. The number of nitrogens with one attached hydrogen (secondary N) is 1. The molecule has 0 fully saturated rings. The number of hydrogen-bond acceptors (Lipinski definition) is 6. The number of ether oxygens (including phenoxy) is 1. The largest absolute Gasteiger partial charge is 0.491 e. The Morgan fingerprint density at radius 2 is 2.23 bits per heavy atom. The minimum Gasteiger partial charge on any atom is -0.491 e. The van der Waals surface area contributed by atoms with E-state index in [0.29, 0.717) is 17.3 Å². The smallest absolute Gasteiger partial charge is 0.274 e. The van der Waals surface area contributed by atoms with Crippen LogP contribution in [0.25, 0.3) is 5.65 Å². The second kappa shape index (κ2) is 6.41. The minimum absolute atomic E-state index is 0.148. The predicted octanol–water partition coefficient (Wildman–Crippen LogP) is 1.68. The molecule has 0 spiro atoms. The third-order valence-corrected chi connectivity index (χ3v) is 4.35. The molecule has 1 amide bonds. The van der Waals surface area contributed by atoms with Crippen molar-refractivity contribution >= 4 is 29.1 Å². The van der Waals surface area contributed by atoms with Crippen LogP contribution in [-0.2, 0) is 6.54 Å². The zero-order valence-electron chi connectivity index (χ0n) is 13.7. The number of aromatic nitrogens is 4. The maximum atomic E-state index is 14.1. The Kier molecular flexibility index (Phi) is 4.08. The fourth-order valence-electron chi connectivity index (χ4n) is 2.73. The van der Waals surface area contributed by atoms with Gasteiger partial charge in [-0.15, -0.1) is 5.10 Å². The van der Waals surface area contributed by atoms with Crippen LogP contribution in [0.1, 0.15) is 16.1 Å². The number of nitrogens with zero attached hydrogens (tertiary/aromatic N) is 5. The molecule has 0 atom stereocenters. The van der Waals surface area contributed by atoms with E-state index in [1.54, 1.807) is 30.1 Å². The highest BCUT2D eigenvalue weighted by molar-refractivity contribution is 6.31. The Morgan fingerprint density at radius 1 is 1.38 bits per heavy atom. The van der Waals surface area contributed by atoms with Gasteiger partial charge in [0.25, 0.3) is 5.91 Å². The van der Waals surface area contributed by atoms with Gasteiger partial charge in [0.2, 0.25) is 11.9 Å². The number of benzene rings is 1. The summed E-state index contributed by atoms with van der Waals surface area (Å²) in [4.78, 5) is 21.9. The second-order valence-corrected chi connectivity index (χ2v) is 6.16. The summed E-state index contributed by atoms with van der Waals surface area (Å²) < 4.78 is 21.0. The number of hydrogen-bond donors (Lipinski definition) is 1. The van der Waals surface area contributed by atoms with Gasteiger partial charge in [-0.2, -0.15) is 13.9 Å². The van der Waals surface area contributed by atoms with Crippen molar-refractivity contribution in [3.05, 3.63) is 46.6 Å². The molecule has 0 radical (unpaired) electrons. The number of amides is 1. The Hall–Kier alpha value is -2.94. The van der Waals surface area contributed by atoms with E-state index in [4.69, 9.17) is 16.3 Å². The lowest BCUT2D eigenvalue weighted by atomic mass is 10.2. The molecule has 4 rings (SSSR count). The van der Waals surface area contributed by atoms with Crippen LogP contribution in [0.15, 0.2) is 24.4 Å². The van der Waals surface area contributed by atoms with Crippen LogP contribution in [0.5, 0.6) is 5.75 Å². The monoisotopic (exact) mass is 376 g/mol. The first-order chi connectivity index (χ1) is 12.5. The summed E-state index contributed by atoms with van der Waals surface area (Å²) in [6.07, 6.45) is 1.36. The first-order valence-corrected chi connectivity index (χ1v) is 8.23. The third-order valence-electron chi connectivity index (χ3n) is 3.99. The van der Waals surface area contributed by atoms with Gasteiger partial charge in [-0.25, -0.2) is 4.98 Å². The molecule has 3 heterocycles. The fraction of sp³-hybridized carbons (Fsp3) is 0.250. The van der Waals surface area contributed by atoms with Gasteiger partial charge in [-0.05, 0) is 12.1 Å². The number of rotatable bonds is 0. The van der Waals surface area contributed by atoms with Crippen molar-refractivity contribution in [3.8, 4) is 5.75 Å². The van der Waals surface area contributed by atoms with Gasteiger partial charge in [0.05, 0.1) is 19.3 Å². The second-order valence-electron chi connectivity index (χ2n) is 5.76. The molecule has 0 unspecified atom stereocenters. The minimum atomic E-state index is -0.904. The highest BCUT2D eigenvalue weighted by Gasteiger charge is 2.23. The van der Waals surface area contributed by atoms with E-state index in [1.807, 2.05) is 0 Å². The highest BCUT2D eigenvalue weighted by atomic mass is 35.5. The van der Waals surface area contributed by atoms with E-state index in [-0.39, 0.29) is 30.4 Å². The van der Waals surface area contributed by atoms with Crippen LogP contribution < -0.4 is 15.0 Å². The van der Waals surface area contributed by atoms with Crippen LogP contribution in [0.2, 0.25) is 5.02 Å². The summed E-state index contributed by atoms with van der Waals surface area (Å²) >= 11 is 6.32. The number of imidazole rings is 1. The van der Waals surface area contributed by atoms with Crippen molar-refractivity contribution in [2.24, 2.45) is 0 Å².